The predicted molar refractivity (Wildman–Crippen MR) is 95.7 cm³/mol. The Bertz CT molecular complexity index is 793. The molecular formula is C19H20N4. The summed E-state index contributed by atoms with van der Waals surface area (Å²) in [5, 5.41) is 6.59. The maximum atomic E-state index is 4.55. The first-order valence-electron chi connectivity index (χ1n) is 7.61. The van der Waals surface area contributed by atoms with Crippen LogP contribution in [0.4, 0.5) is 23.1 Å². The van der Waals surface area contributed by atoms with E-state index in [4.69, 9.17) is 0 Å². The Labute approximate surface area is 136 Å². The average Bonchev–Trinajstić information content (AvgIpc) is 2.46. The van der Waals surface area contributed by atoms with Gasteiger partial charge in [0.2, 0.25) is 5.95 Å². The van der Waals surface area contributed by atoms with Crippen molar-refractivity contribution in [3.05, 3.63) is 71.4 Å². The molecule has 3 rings (SSSR count). The van der Waals surface area contributed by atoms with Gasteiger partial charge in [0.05, 0.1) is 0 Å². The molecule has 0 aliphatic carbocycles. The van der Waals surface area contributed by atoms with Gasteiger partial charge >= 0.3 is 0 Å². The summed E-state index contributed by atoms with van der Waals surface area (Å²) < 4.78 is 0. The second kappa shape index (κ2) is 6.48. The second-order valence-electron chi connectivity index (χ2n) is 5.71. The quantitative estimate of drug-likeness (QED) is 0.720. The van der Waals surface area contributed by atoms with Crippen LogP contribution in [0.2, 0.25) is 0 Å². The number of rotatable bonds is 4. The molecule has 0 saturated carbocycles. The highest BCUT2D eigenvalue weighted by Crippen LogP contribution is 2.20. The van der Waals surface area contributed by atoms with Crippen molar-refractivity contribution in [3.63, 3.8) is 0 Å². The average molecular weight is 304 g/mol. The van der Waals surface area contributed by atoms with E-state index in [9.17, 15) is 0 Å². The Morgan fingerprint density at radius 1 is 0.696 bits per heavy atom. The Balaban J connectivity index is 1.85. The van der Waals surface area contributed by atoms with Crippen LogP contribution in [-0.2, 0) is 0 Å². The minimum Gasteiger partial charge on any atom is -0.340 e. The number of aromatic nitrogens is 2. The van der Waals surface area contributed by atoms with E-state index in [1.54, 1.807) is 0 Å². The molecule has 4 nitrogen and oxygen atoms in total. The molecule has 1 heterocycles. The van der Waals surface area contributed by atoms with Gasteiger partial charge in [0.15, 0.2) is 0 Å². The zero-order valence-corrected chi connectivity index (χ0v) is 13.6. The van der Waals surface area contributed by atoms with Gasteiger partial charge in [-0.3, -0.25) is 0 Å². The molecule has 0 fully saturated rings. The summed E-state index contributed by atoms with van der Waals surface area (Å²) in [4.78, 5) is 9.02. The number of hydrogen-bond acceptors (Lipinski definition) is 4. The van der Waals surface area contributed by atoms with Crippen molar-refractivity contribution in [2.24, 2.45) is 0 Å². The summed E-state index contributed by atoms with van der Waals surface area (Å²) >= 11 is 0. The Morgan fingerprint density at radius 2 is 1.39 bits per heavy atom. The first kappa shape index (κ1) is 15.0. The Hall–Kier alpha value is -2.88. The van der Waals surface area contributed by atoms with Crippen LogP contribution in [0.3, 0.4) is 0 Å². The molecule has 0 atom stereocenters. The molecule has 23 heavy (non-hydrogen) atoms. The van der Waals surface area contributed by atoms with Gasteiger partial charge in [0.25, 0.3) is 0 Å². The third kappa shape index (κ3) is 4.07. The zero-order valence-electron chi connectivity index (χ0n) is 13.6. The molecule has 0 aliphatic heterocycles. The van der Waals surface area contributed by atoms with Crippen LogP contribution in [0.15, 0.2) is 54.6 Å². The number of nitrogens with one attached hydrogen (secondary N) is 2. The van der Waals surface area contributed by atoms with Gasteiger partial charge < -0.3 is 10.6 Å². The number of para-hydroxylation sites is 1. The van der Waals surface area contributed by atoms with Crippen LogP contribution in [0.1, 0.15) is 16.8 Å². The lowest BCUT2D eigenvalue weighted by atomic mass is 10.1. The van der Waals surface area contributed by atoms with Crippen LogP contribution in [-0.4, -0.2) is 9.97 Å². The molecule has 4 heteroatoms. The van der Waals surface area contributed by atoms with Crippen molar-refractivity contribution in [1.29, 1.82) is 0 Å². The topological polar surface area (TPSA) is 49.8 Å². The molecule has 0 aliphatic rings. The van der Waals surface area contributed by atoms with Crippen LogP contribution in [0.5, 0.6) is 0 Å². The van der Waals surface area contributed by atoms with Crippen molar-refractivity contribution >= 4 is 23.1 Å². The van der Waals surface area contributed by atoms with Gasteiger partial charge in [-0.15, -0.1) is 0 Å². The Kier molecular flexibility index (Phi) is 4.24. The van der Waals surface area contributed by atoms with Crippen LogP contribution in [0.25, 0.3) is 0 Å². The molecule has 1 aromatic heterocycles. The summed E-state index contributed by atoms with van der Waals surface area (Å²) in [6.07, 6.45) is 0. The highest BCUT2D eigenvalue weighted by atomic mass is 15.1. The molecule has 0 radical (unpaired) electrons. The lowest BCUT2D eigenvalue weighted by molar-refractivity contribution is 1.11. The smallest absolute Gasteiger partial charge is 0.229 e. The molecule has 2 aromatic carbocycles. The molecule has 0 amide bonds. The predicted octanol–water partition coefficient (Wildman–Crippen LogP) is 4.89. The standard InChI is InChI=1S/C19H20N4/c1-13-9-14(2)11-17(10-13)22-19-20-15(3)12-18(23-19)21-16-7-5-4-6-8-16/h4-12H,1-3H3,(H2,20,21,22,23). The zero-order chi connectivity index (χ0) is 16.2. The number of hydrogen-bond donors (Lipinski definition) is 2. The van der Waals surface area contributed by atoms with Gasteiger partial charge in [-0.05, 0) is 56.2 Å². The normalized spacial score (nSPS) is 10.4. The van der Waals surface area contributed by atoms with E-state index in [1.807, 2.05) is 43.3 Å². The molecule has 0 spiro atoms. The third-order valence-corrected chi connectivity index (χ3v) is 3.38. The van der Waals surface area contributed by atoms with Crippen molar-refractivity contribution in [3.8, 4) is 0 Å². The van der Waals surface area contributed by atoms with Gasteiger partial charge in [-0.2, -0.15) is 4.98 Å². The number of benzene rings is 2. The fourth-order valence-electron chi connectivity index (χ4n) is 2.53. The number of anilines is 4. The summed E-state index contributed by atoms with van der Waals surface area (Å²) in [6, 6.07) is 18.2. The second-order valence-corrected chi connectivity index (χ2v) is 5.71. The highest BCUT2D eigenvalue weighted by molar-refractivity contribution is 5.60. The van der Waals surface area contributed by atoms with Gasteiger partial charge in [0, 0.05) is 23.1 Å². The molecular weight excluding hydrogens is 284 g/mol. The third-order valence-electron chi connectivity index (χ3n) is 3.38. The van der Waals surface area contributed by atoms with Gasteiger partial charge in [0.1, 0.15) is 5.82 Å². The molecule has 0 bridgehead atoms. The highest BCUT2D eigenvalue weighted by Gasteiger charge is 2.04. The van der Waals surface area contributed by atoms with E-state index in [-0.39, 0.29) is 0 Å². The summed E-state index contributed by atoms with van der Waals surface area (Å²) in [6.45, 7) is 6.12. The van der Waals surface area contributed by atoms with Crippen LogP contribution >= 0.6 is 0 Å². The number of aryl methyl sites for hydroxylation is 3. The van der Waals surface area contributed by atoms with E-state index < -0.39 is 0 Å². The molecule has 0 saturated heterocycles. The van der Waals surface area contributed by atoms with E-state index in [0.29, 0.717) is 5.95 Å². The lowest BCUT2D eigenvalue weighted by Crippen LogP contribution is -2.02. The fraction of sp³-hybridized carbons (Fsp3) is 0.158. The van der Waals surface area contributed by atoms with Crippen molar-refractivity contribution in [2.45, 2.75) is 20.8 Å². The lowest BCUT2D eigenvalue weighted by Gasteiger charge is -2.11. The maximum Gasteiger partial charge on any atom is 0.229 e. The SMILES string of the molecule is Cc1cc(C)cc(Nc2nc(C)cc(Nc3ccccc3)n2)c1. The summed E-state index contributed by atoms with van der Waals surface area (Å²) in [5.74, 6) is 1.36. The number of nitrogens with zero attached hydrogens (tertiary/aromatic N) is 2. The monoisotopic (exact) mass is 304 g/mol. The van der Waals surface area contributed by atoms with Crippen LogP contribution in [0, 0.1) is 20.8 Å². The first-order valence-corrected chi connectivity index (χ1v) is 7.61. The first-order chi connectivity index (χ1) is 11.1. The minimum atomic E-state index is 0.591. The van der Waals surface area contributed by atoms with Crippen molar-refractivity contribution in [1.82, 2.24) is 9.97 Å². The van der Waals surface area contributed by atoms with Crippen molar-refractivity contribution in [2.75, 3.05) is 10.6 Å². The molecule has 116 valence electrons. The molecule has 3 aromatic rings. The maximum absolute atomic E-state index is 4.55. The largest absolute Gasteiger partial charge is 0.340 e. The molecule has 0 unspecified atom stereocenters. The van der Waals surface area contributed by atoms with E-state index in [2.05, 4.69) is 52.6 Å². The summed E-state index contributed by atoms with van der Waals surface area (Å²) in [7, 11) is 0. The van der Waals surface area contributed by atoms with Crippen molar-refractivity contribution < 1.29 is 0 Å². The van der Waals surface area contributed by atoms with Crippen LogP contribution < -0.4 is 10.6 Å². The van der Waals surface area contributed by atoms with E-state index in [0.717, 1.165) is 22.9 Å². The van der Waals surface area contributed by atoms with Gasteiger partial charge in [-0.1, -0.05) is 24.3 Å². The fourth-order valence-corrected chi connectivity index (χ4v) is 2.53. The van der Waals surface area contributed by atoms with E-state index >= 15 is 0 Å². The van der Waals surface area contributed by atoms with E-state index in [1.165, 1.54) is 11.1 Å². The summed E-state index contributed by atoms with van der Waals surface area (Å²) in [5.41, 5.74) is 5.33. The molecule has 2 N–H and O–H groups in total. The van der Waals surface area contributed by atoms with Gasteiger partial charge in [-0.25, -0.2) is 4.98 Å². The minimum absolute atomic E-state index is 0.591. The Morgan fingerprint density at radius 3 is 2.09 bits per heavy atom.